The van der Waals surface area contributed by atoms with Gasteiger partial charge in [0.05, 0.1) is 21.3 Å². The van der Waals surface area contributed by atoms with Crippen molar-refractivity contribution in [1.29, 1.82) is 0 Å². The van der Waals surface area contributed by atoms with Gasteiger partial charge < -0.3 is 9.80 Å². The summed E-state index contributed by atoms with van der Waals surface area (Å²) in [6, 6.07) is 10.5. The van der Waals surface area contributed by atoms with E-state index in [0.717, 1.165) is 6.07 Å². The molecule has 0 N–H and O–H groups in total. The molecule has 0 saturated carbocycles. The Bertz CT molecular complexity index is 1090. The van der Waals surface area contributed by atoms with Gasteiger partial charge in [-0.1, -0.05) is 29.3 Å². The van der Waals surface area contributed by atoms with Gasteiger partial charge in [-0.2, -0.15) is 17.9 Å². The predicted molar refractivity (Wildman–Crippen MR) is 113 cm³/mol. The minimum absolute atomic E-state index is 0.398. The lowest BCUT2D eigenvalue weighted by atomic mass is 10.1. The van der Waals surface area contributed by atoms with Crippen LogP contribution in [0.5, 0.6) is 0 Å². The molecule has 0 radical (unpaired) electrons. The molecule has 2 aromatic carbocycles. The first kappa shape index (κ1) is 21.5. The van der Waals surface area contributed by atoms with E-state index in [4.69, 9.17) is 23.2 Å². The maximum Gasteiger partial charge on any atom is 0.416 e. The van der Waals surface area contributed by atoms with Crippen molar-refractivity contribution in [3.8, 4) is 5.69 Å². The van der Waals surface area contributed by atoms with Crippen molar-refractivity contribution in [1.82, 2.24) is 25.1 Å². The lowest BCUT2D eigenvalue weighted by molar-refractivity contribution is -0.137. The third-order valence-corrected chi connectivity index (χ3v) is 5.67. The minimum Gasteiger partial charge on any atom is -0.374 e. The van der Waals surface area contributed by atoms with E-state index in [0.29, 0.717) is 53.4 Å². The number of hydrogen-bond donors (Lipinski definition) is 0. The fraction of sp³-hybridized carbons (Fsp3) is 0.250. The van der Waals surface area contributed by atoms with Gasteiger partial charge in [-0.15, -0.1) is 5.10 Å². The van der Waals surface area contributed by atoms with Crippen LogP contribution in [-0.2, 0) is 6.18 Å². The molecule has 0 bridgehead atoms. The highest BCUT2D eigenvalue weighted by Crippen LogP contribution is 2.32. The van der Waals surface area contributed by atoms with Crippen molar-refractivity contribution in [2.24, 2.45) is 0 Å². The van der Waals surface area contributed by atoms with Crippen LogP contribution in [0.25, 0.3) is 11.8 Å². The second-order valence-electron chi connectivity index (χ2n) is 6.93. The van der Waals surface area contributed by atoms with Crippen LogP contribution in [0.4, 0.5) is 18.9 Å². The van der Waals surface area contributed by atoms with Crippen LogP contribution in [0.1, 0.15) is 11.4 Å². The van der Waals surface area contributed by atoms with Crippen molar-refractivity contribution in [2.75, 3.05) is 31.1 Å². The van der Waals surface area contributed by atoms with Gasteiger partial charge in [0.2, 0.25) is 0 Å². The molecule has 4 rings (SSSR count). The summed E-state index contributed by atoms with van der Waals surface area (Å²) in [6.45, 7) is 2.51. The Morgan fingerprint density at radius 1 is 0.903 bits per heavy atom. The highest BCUT2D eigenvalue weighted by molar-refractivity contribution is 6.42. The maximum absolute atomic E-state index is 13.0. The number of piperazine rings is 1. The minimum atomic E-state index is -4.35. The molecule has 162 valence electrons. The summed E-state index contributed by atoms with van der Waals surface area (Å²) >= 11 is 12.0. The van der Waals surface area contributed by atoms with Crippen molar-refractivity contribution in [3.05, 3.63) is 70.1 Å². The molecule has 1 saturated heterocycles. The average molecular weight is 469 g/mol. The van der Waals surface area contributed by atoms with E-state index < -0.39 is 11.7 Å². The number of benzene rings is 2. The number of anilines is 1. The molecule has 0 spiro atoms. The second kappa shape index (κ2) is 8.76. The van der Waals surface area contributed by atoms with E-state index in [1.165, 1.54) is 16.8 Å². The van der Waals surface area contributed by atoms with Gasteiger partial charge in [-0.3, -0.25) is 0 Å². The van der Waals surface area contributed by atoms with Gasteiger partial charge >= 0.3 is 6.18 Å². The summed E-state index contributed by atoms with van der Waals surface area (Å²) in [7, 11) is 0. The van der Waals surface area contributed by atoms with E-state index in [2.05, 4.69) is 20.4 Å². The molecule has 1 fully saturated rings. The summed E-state index contributed by atoms with van der Waals surface area (Å²) in [6.07, 6.45) is -0.690. The van der Waals surface area contributed by atoms with Crippen molar-refractivity contribution >= 4 is 35.0 Å². The summed E-state index contributed by atoms with van der Waals surface area (Å²) < 4.78 is 40.4. The third-order valence-electron chi connectivity index (χ3n) is 4.93. The molecule has 1 aromatic heterocycles. The monoisotopic (exact) mass is 468 g/mol. The van der Waals surface area contributed by atoms with Crippen LogP contribution in [-0.4, -0.2) is 51.3 Å². The lowest BCUT2D eigenvalue weighted by Crippen LogP contribution is -2.44. The highest BCUT2D eigenvalue weighted by atomic mass is 35.5. The molecule has 0 atom stereocenters. The first-order valence-corrected chi connectivity index (χ1v) is 10.1. The quantitative estimate of drug-likeness (QED) is 0.551. The fourth-order valence-electron chi connectivity index (χ4n) is 3.28. The van der Waals surface area contributed by atoms with Crippen LogP contribution >= 0.6 is 23.2 Å². The molecular weight excluding hydrogens is 452 g/mol. The molecule has 2 heterocycles. The third kappa shape index (κ3) is 4.94. The van der Waals surface area contributed by atoms with Crippen LogP contribution in [0, 0.1) is 0 Å². The SMILES string of the molecule is FC(F)(F)c1cccc(N2CCN(/C=C/c3nnnn3-c3ccc(Cl)c(Cl)c3)CC2)c1. The Balaban J connectivity index is 1.41. The van der Waals surface area contributed by atoms with E-state index in [-0.39, 0.29) is 0 Å². The highest BCUT2D eigenvalue weighted by Gasteiger charge is 2.31. The number of rotatable bonds is 4. The predicted octanol–water partition coefficient (Wildman–Crippen LogP) is 4.78. The number of hydrogen-bond acceptors (Lipinski definition) is 5. The Morgan fingerprint density at radius 2 is 1.68 bits per heavy atom. The first-order valence-electron chi connectivity index (χ1n) is 9.39. The molecule has 6 nitrogen and oxygen atoms in total. The molecule has 1 aliphatic rings. The summed E-state index contributed by atoms with van der Waals surface area (Å²) in [5.41, 5.74) is 0.608. The van der Waals surface area contributed by atoms with Gasteiger partial charge in [-0.05, 0) is 46.8 Å². The topological polar surface area (TPSA) is 50.1 Å². The van der Waals surface area contributed by atoms with Gasteiger partial charge in [0, 0.05) is 44.1 Å². The van der Waals surface area contributed by atoms with E-state index in [1.54, 1.807) is 30.3 Å². The molecule has 31 heavy (non-hydrogen) atoms. The lowest BCUT2D eigenvalue weighted by Gasteiger charge is -2.35. The zero-order valence-electron chi connectivity index (χ0n) is 16.1. The van der Waals surface area contributed by atoms with Gasteiger partial charge in [0.1, 0.15) is 0 Å². The standard InChI is InChI=1S/C20H17Cl2F3N6/c21-17-5-4-16(13-18(17)22)31-19(26-27-28-31)6-7-29-8-10-30(11-9-29)15-3-1-2-14(12-15)20(23,24)25/h1-7,12-13H,8-11H2/b7-6+. The molecule has 11 heteroatoms. The molecule has 1 aliphatic heterocycles. The summed E-state index contributed by atoms with van der Waals surface area (Å²) in [4.78, 5) is 4.01. The van der Waals surface area contributed by atoms with E-state index in [9.17, 15) is 13.2 Å². The molecule has 0 unspecified atom stereocenters. The van der Waals surface area contributed by atoms with Gasteiger partial charge in [-0.25, -0.2) is 0 Å². The number of alkyl halides is 3. The summed E-state index contributed by atoms with van der Waals surface area (Å²) in [5.74, 6) is 0.513. The van der Waals surface area contributed by atoms with Crippen molar-refractivity contribution in [2.45, 2.75) is 6.18 Å². The fourth-order valence-corrected chi connectivity index (χ4v) is 3.57. The Labute approximate surface area is 186 Å². The molecular formula is C20H17Cl2F3N6. The maximum atomic E-state index is 13.0. The Kier molecular flexibility index (Phi) is 6.06. The Morgan fingerprint density at radius 3 is 2.39 bits per heavy atom. The smallest absolute Gasteiger partial charge is 0.374 e. The first-order chi connectivity index (χ1) is 14.8. The van der Waals surface area contributed by atoms with Crippen LogP contribution in [0.15, 0.2) is 48.7 Å². The summed E-state index contributed by atoms with van der Waals surface area (Å²) in [5, 5.41) is 12.6. The normalized spacial score (nSPS) is 15.1. The molecule has 0 amide bonds. The van der Waals surface area contributed by atoms with Gasteiger partial charge in [0.15, 0.2) is 5.82 Å². The van der Waals surface area contributed by atoms with Crippen LogP contribution in [0.2, 0.25) is 10.0 Å². The Hall–Kier alpha value is -2.78. The molecule has 0 aliphatic carbocycles. The average Bonchev–Trinajstić information content (AvgIpc) is 3.23. The number of nitrogens with zero attached hydrogens (tertiary/aromatic N) is 6. The second-order valence-corrected chi connectivity index (χ2v) is 7.75. The van der Waals surface area contributed by atoms with Crippen LogP contribution < -0.4 is 4.90 Å². The largest absolute Gasteiger partial charge is 0.416 e. The number of aromatic nitrogens is 4. The number of tetrazole rings is 1. The van der Waals surface area contributed by atoms with Crippen LogP contribution in [0.3, 0.4) is 0 Å². The van der Waals surface area contributed by atoms with Crippen molar-refractivity contribution in [3.63, 3.8) is 0 Å². The number of halogens is 5. The van der Waals surface area contributed by atoms with E-state index in [1.807, 2.05) is 11.1 Å². The van der Waals surface area contributed by atoms with Crippen molar-refractivity contribution < 1.29 is 13.2 Å². The zero-order chi connectivity index (χ0) is 22.0. The van der Waals surface area contributed by atoms with E-state index >= 15 is 0 Å². The van der Waals surface area contributed by atoms with Gasteiger partial charge in [0.25, 0.3) is 0 Å². The molecule has 3 aromatic rings. The zero-order valence-corrected chi connectivity index (χ0v) is 17.6.